The van der Waals surface area contributed by atoms with Crippen LogP contribution >= 0.6 is 0 Å². The molecule has 0 saturated heterocycles. The lowest BCUT2D eigenvalue weighted by Gasteiger charge is -2.36. The SMILES string of the molecule is CC1CCCc2c1ccc1c2C(=O)C(=O)C2C(c3ccccc3)=CN(S(=O)(=O)CCN(C)C)C12. The maximum absolute atomic E-state index is 13.6. The molecule has 0 N–H and O–H groups in total. The second-order valence-corrected chi connectivity index (χ2v) is 11.9. The standard InChI is InChI=1S/C27H30N2O4S/c1-17-8-7-11-20-19(17)12-13-21-23(20)26(30)27(31)24-22(18-9-5-4-6-10-18)16-29(25(21)24)34(32,33)15-14-28(2)3/h4-6,9-10,12-13,16-17,24-25H,7-8,11,14-15H2,1-3H3. The van der Waals surface area contributed by atoms with E-state index in [0.29, 0.717) is 29.2 Å². The first kappa shape index (κ1) is 23.0. The van der Waals surface area contributed by atoms with Gasteiger partial charge in [0.25, 0.3) is 0 Å². The van der Waals surface area contributed by atoms with E-state index >= 15 is 0 Å². The third-order valence-corrected chi connectivity index (χ3v) is 9.12. The molecule has 7 heteroatoms. The minimum absolute atomic E-state index is 0.0682. The third-order valence-electron chi connectivity index (χ3n) is 7.44. The largest absolute Gasteiger partial charge is 0.308 e. The molecule has 178 valence electrons. The highest BCUT2D eigenvalue weighted by Gasteiger charge is 2.52. The fourth-order valence-corrected chi connectivity index (χ4v) is 7.35. The maximum Gasteiger partial charge on any atom is 0.236 e. The topological polar surface area (TPSA) is 74.8 Å². The number of hydrogen-bond donors (Lipinski definition) is 0. The van der Waals surface area contributed by atoms with Gasteiger partial charge in [0.1, 0.15) is 0 Å². The fraction of sp³-hybridized carbons (Fsp3) is 0.407. The minimum Gasteiger partial charge on any atom is -0.308 e. The molecule has 34 heavy (non-hydrogen) atoms. The average Bonchev–Trinajstić information content (AvgIpc) is 3.23. The maximum atomic E-state index is 13.6. The second kappa shape index (κ2) is 8.47. The van der Waals surface area contributed by atoms with Crippen LogP contribution in [0.5, 0.6) is 0 Å². The van der Waals surface area contributed by atoms with Crippen molar-refractivity contribution in [3.63, 3.8) is 0 Å². The van der Waals surface area contributed by atoms with Crippen molar-refractivity contribution in [2.24, 2.45) is 5.92 Å². The highest BCUT2D eigenvalue weighted by molar-refractivity contribution is 7.89. The number of sulfonamides is 1. The molecule has 5 rings (SSSR count). The molecule has 0 radical (unpaired) electrons. The fourth-order valence-electron chi connectivity index (χ4n) is 5.69. The van der Waals surface area contributed by atoms with Crippen LogP contribution in [0.1, 0.15) is 64.3 Å². The Morgan fingerprint density at radius 2 is 1.74 bits per heavy atom. The Hall–Kier alpha value is -2.77. The van der Waals surface area contributed by atoms with Gasteiger partial charge >= 0.3 is 0 Å². The summed E-state index contributed by atoms with van der Waals surface area (Å²) in [7, 11) is -0.0654. The van der Waals surface area contributed by atoms with Crippen LogP contribution < -0.4 is 0 Å². The molecule has 0 saturated carbocycles. The summed E-state index contributed by atoms with van der Waals surface area (Å²) < 4.78 is 28.5. The molecular weight excluding hydrogens is 448 g/mol. The van der Waals surface area contributed by atoms with Crippen molar-refractivity contribution in [3.05, 3.63) is 76.5 Å². The molecule has 3 aliphatic rings. The predicted octanol–water partition coefficient (Wildman–Crippen LogP) is 3.80. The number of benzene rings is 2. The Bertz CT molecular complexity index is 1300. The predicted molar refractivity (Wildman–Crippen MR) is 132 cm³/mol. The molecule has 2 aliphatic carbocycles. The Labute approximate surface area is 201 Å². The normalized spacial score (nSPS) is 24.1. The minimum atomic E-state index is -3.73. The monoisotopic (exact) mass is 478 g/mol. The van der Waals surface area contributed by atoms with Gasteiger partial charge in [-0.25, -0.2) is 8.42 Å². The highest BCUT2D eigenvalue weighted by Crippen LogP contribution is 2.51. The van der Waals surface area contributed by atoms with Crippen LogP contribution in [0.3, 0.4) is 0 Å². The van der Waals surface area contributed by atoms with Gasteiger partial charge < -0.3 is 4.90 Å². The van der Waals surface area contributed by atoms with E-state index in [9.17, 15) is 18.0 Å². The van der Waals surface area contributed by atoms with Gasteiger partial charge in [-0.05, 0) is 67.1 Å². The number of ketones is 2. The summed E-state index contributed by atoms with van der Waals surface area (Å²) in [5.41, 5.74) is 4.52. The zero-order valence-electron chi connectivity index (χ0n) is 19.8. The van der Waals surface area contributed by atoms with Gasteiger partial charge in [0.2, 0.25) is 21.6 Å². The molecule has 3 unspecified atom stereocenters. The summed E-state index contributed by atoms with van der Waals surface area (Å²) in [5.74, 6) is -1.57. The van der Waals surface area contributed by atoms with Crippen molar-refractivity contribution < 1.29 is 18.0 Å². The molecule has 3 atom stereocenters. The first-order valence-corrected chi connectivity index (χ1v) is 13.5. The molecule has 2 aromatic rings. The van der Waals surface area contributed by atoms with Crippen molar-refractivity contribution in [1.29, 1.82) is 0 Å². The van der Waals surface area contributed by atoms with E-state index in [2.05, 4.69) is 6.92 Å². The van der Waals surface area contributed by atoms with Gasteiger partial charge in [0.05, 0.1) is 17.7 Å². The number of hydrogen-bond acceptors (Lipinski definition) is 5. The molecule has 1 aliphatic heterocycles. The molecule has 0 fully saturated rings. The first-order chi connectivity index (χ1) is 16.2. The van der Waals surface area contributed by atoms with Gasteiger partial charge in [-0.2, -0.15) is 0 Å². The Balaban J connectivity index is 1.70. The number of fused-ring (bicyclic) bond motifs is 5. The number of Topliss-reactive ketones (excluding diaryl/α,β-unsaturated/α-hetero) is 2. The number of nitrogens with zero attached hydrogens (tertiary/aromatic N) is 2. The Morgan fingerprint density at radius 1 is 1.03 bits per heavy atom. The number of carbonyl (C=O) groups excluding carboxylic acids is 2. The van der Waals surface area contributed by atoms with E-state index < -0.39 is 33.5 Å². The van der Waals surface area contributed by atoms with Gasteiger partial charge in [-0.1, -0.05) is 49.4 Å². The van der Waals surface area contributed by atoms with Crippen LogP contribution in [0.4, 0.5) is 0 Å². The van der Waals surface area contributed by atoms with Crippen LogP contribution in [0.2, 0.25) is 0 Å². The molecule has 0 spiro atoms. The summed E-state index contributed by atoms with van der Waals surface area (Å²) in [6.45, 7) is 2.51. The van der Waals surface area contributed by atoms with E-state index in [0.717, 1.165) is 36.0 Å². The molecule has 2 aromatic carbocycles. The lowest BCUT2D eigenvalue weighted by Crippen LogP contribution is -2.42. The molecule has 1 heterocycles. The summed E-state index contributed by atoms with van der Waals surface area (Å²) in [6, 6.07) is 12.5. The summed E-state index contributed by atoms with van der Waals surface area (Å²) in [5, 5.41) is 0. The van der Waals surface area contributed by atoms with Gasteiger partial charge in [-0.15, -0.1) is 0 Å². The van der Waals surface area contributed by atoms with Crippen molar-refractivity contribution in [2.75, 3.05) is 26.4 Å². The molecule has 0 amide bonds. The van der Waals surface area contributed by atoms with Crippen LogP contribution in [0.15, 0.2) is 48.7 Å². The van der Waals surface area contributed by atoms with Crippen LogP contribution in [-0.2, 0) is 21.2 Å². The van der Waals surface area contributed by atoms with Crippen molar-refractivity contribution in [2.45, 2.75) is 38.1 Å². The molecular formula is C27H30N2O4S. The van der Waals surface area contributed by atoms with Gasteiger partial charge in [0, 0.05) is 18.3 Å². The highest BCUT2D eigenvalue weighted by atomic mass is 32.2. The lowest BCUT2D eigenvalue weighted by atomic mass is 9.70. The second-order valence-electron chi connectivity index (χ2n) is 9.91. The van der Waals surface area contributed by atoms with E-state index in [-0.39, 0.29) is 5.75 Å². The Morgan fingerprint density at radius 3 is 2.44 bits per heavy atom. The van der Waals surface area contributed by atoms with E-state index in [4.69, 9.17) is 0 Å². The van der Waals surface area contributed by atoms with Gasteiger partial charge in [-0.3, -0.25) is 13.9 Å². The zero-order chi connectivity index (χ0) is 24.2. The summed E-state index contributed by atoms with van der Waals surface area (Å²) in [4.78, 5) is 29.0. The zero-order valence-corrected chi connectivity index (χ0v) is 20.6. The number of rotatable bonds is 5. The summed E-state index contributed by atoms with van der Waals surface area (Å²) >= 11 is 0. The van der Waals surface area contributed by atoms with Crippen LogP contribution in [0, 0.1) is 5.92 Å². The smallest absolute Gasteiger partial charge is 0.236 e. The average molecular weight is 479 g/mol. The van der Waals surface area contributed by atoms with Crippen molar-refractivity contribution in [1.82, 2.24) is 9.21 Å². The number of carbonyl (C=O) groups is 2. The van der Waals surface area contributed by atoms with Crippen LogP contribution in [0.25, 0.3) is 5.57 Å². The third kappa shape index (κ3) is 3.62. The quantitative estimate of drug-likeness (QED) is 0.611. The molecule has 0 aromatic heterocycles. The van der Waals surface area contributed by atoms with Crippen molar-refractivity contribution in [3.8, 4) is 0 Å². The van der Waals surface area contributed by atoms with E-state index in [1.54, 1.807) is 6.20 Å². The van der Waals surface area contributed by atoms with E-state index in [1.165, 1.54) is 4.31 Å². The van der Waals surface area contributed by atoms with Gasteiger partial charge in [0.15, 0.2) is 0 Å². The first-order valence-electron chi connectivity index (χ1n) is 11.9. The van der Waals surface area contributed by atoms with Crippen molar-refractivity contribution >= 4 is 27.2 Å². The molecule has 0 bridgehead atoms. The van der Waals surface area contributed by atoms with Crippen LogP contribution in [-0.4, -0.2) is 55.6 Å². The van der Waals surface area contributed by atoms with E-state index in [1.807, 2.05) is 61.5 Å². The Kier molecular flexibility index (Phi) is 5.73. The molecule has 6 nitrogen and oxygen atoms in total. The summed E-state index contributed by atoms with van der Waals surface area (Å²) in [6.07, 6.45) is 4.34. The lowest BCUT2D eigenvalue weighted by molar-refractivity contribution is -0.118.